The van der Waals surface area contributed by atoms with Gasteiger partial charge in [-0.15, -0.1) is 0 Å². The van der Waals surface area contributed by atoms with E-state index in [9.17, 15) is 0 Å². The van der Waals surface area contributed by atoms with Crippen molar-refractivity contribution in [2.24, 2.45) is 0 Å². The van der Waals surface area contributed by atoms with Gasteiger partial charge in [-0.2, -0.15) is 0 Å². The molecule has 0 N–H and O–H groups in total. The molecule has 0 saturated carbocycles. The molecule has 0 atom stereocenters. The zero-order valence-corrected chi connectivity index (χ0v) is 22.0. The molecule has 0 bridgehead atoms. The van der Waals surface area contributed by atoms with E-state index in [1.165, 1.54) is 22.3 Å². The first-order chi connectivity index (χ1) is 15.3. The van der Waals surface area contributed by atoms with Crippen LogP contribution in [0.5, 0.6) is 0 Å². The summed E-state index contributed by atoms with van der Waals surface area (Å²) in [4.78, 5) is 9.81. The fourth-order valence-corrected chi connectivity index (χ4v) is 4.11. The maximum atomic E-state index is 5.17. The van der Waals surface area contributed by atoms with Gasteiger partial charge in [-0.25, -0.2) is 4.98 Å². The van der Waals surface area contributed by atoms with Crippen molar-refractivity contribution in [3.8, 4) is 11.3 Å². The molecule has 2 aromatic heterocycles. The van der Waals surface area contributed by atoms with Crippen LogP contribution in [0.3, 0.4) is 0 Å². The van der Waals surface area contributed by atoms with Gasteiger partial charge < -0.3 is 0 Å². The van der Waals surface area contributed by atoms with Crippen LogP contribution in [0.15, 0.2) is 54.7 Å². The summed E-state index contributed by atoms with van der Waals surface area (Å²) in [7, 11) is 9.47. The molecule has 4 rings (SSSR count). The molecule has 0 unspecified atom stereocenters. The summed E-state index contributed by atoms with van der Waals surface area (Å²) in [5, 5.41) is 2.27. The van der Waals surface area contributed by atoms with E-state index >= 15 is 0 Å². The molecule has 0 aliphatic rings. The number of fused-ring (bicyclic) bond motifs is 3. The quantitative estimate of drug-likeness (QED) is 0.255. The third kappa shape index (κ3) is 5.28. The van der Waals surface area contributed by atoms with Crippen molar-refractivity contribution in [1.82, 2.24) is 9.97 Å². The van der Waals surface area contributed by atoms with Crippen LogP contribution in [-0.4, -0.2) is 9.97 Å². The molecule has 0 spiro atoms. The van der Waals surface area contributed by atoms with Crippen LogP contribution in [0.2, 0.25) is 0 Å². The molecule has 4 aromatic rings. The molecule has 0 fully saturated rings. The van der Waals surface area contributed by atoms with E-state index < -0.39 is 0 Å². The zero-order chi connectivity index (χ0) is 23.4. The van der Waals surface area contributed by atoms with Gasteiger partial charge in [0, 0.05) is 22.5 Å². The van der Waals surface area contributed by atoms with Crippen molar-refractivity contribution in [2.75, 3.05) is 0 Å². The van der Waals surface area contributed by atoms with Crippen LogP contribution in [0.25, 0.3) is 33.1 Å². The van der Waals surface area contributed by atoms with Crippen molar-refractivity contribution < 1.29 is 12.9 Å². The first-order valence-corrected chi connectivity index (χ1v) is 13.8. The molecule has 0 amide bonds. The van der Waals surface area contributed by atoms with Crippen molar-refractivity contribution >= 4 is 42.1 Å². The fourth-order valence-electron chi connectivity index (χ4n) is 4.11. The number of halogens is 2. The van der Waals surface area contributed by atoms with Crippen LogP contribution >= 0.6 is 20.3 Å². The first-order valence-electron chi connectivity index (χ1n) is 10.9. The number of hydrogen-bond acceptors (Lipinski definition) is 2. The molecule has 0 saturated heterocycles. The summed E-state index contributed by atoms with van der Waals surface area (Å²) in [6, 6.07) is 17.5. The third-order valence-corrected chi connectivity index (χ3v) is 5.82. The molecule has 171 valence electrons. The minimum atomic E-state index is 0.382. The third-order valence-electron chi connectivity index (χ3n) is 5.82. The van der Waals surface area contributed by atoms with Gasteiger partial charge in [0.1, 0.15) is 0 Å². The number of benzene rings is 2. The Bertz CT molecular complexity index is 1190. The number of hydrogen-bond donors (Lipinski definition) is 0. The Hall–Kier alpha value is -1.65. The van der Waals surface area contributed by atoms with E-state index in [2.05, 4.69) is 89.0 Å². The molecular weight excluding hydrogens is 482 g/mol. The predicted molar refractivity (Wildman–Crippen MR) is 136 cm³/mol. The second-order valence-corrected chi connectivity index (χ2v) is 10.7. The summed E-state index contributed by atoms with van der Waals surface area (Å²) in [6.07, 6.45) is 1.85. The van der Waals surface area contributed by atoms with Crippen molar-refractivity contribution in [1.29, 1.82) is 0 Å². The molecule has 0 radical (unpaired) electrons. The second-order valence-electron chi connectivity index (χ2n) is 8.99. The number of aromatic nitrogens is 2. The Kier molecular flexibility index (Phi) is 8.57. The van der Waals surface area contributed by atoms with Crippen LogP contribution in [-0.2, 0) is 12.9 Å². The summed E-state index contributed by atoms with van der Waals surface area (Å²) < 4.78 is 0. The second kappa shape index (κ2) is 11.0. The zero-order valence-electron chi connectivity index (χ0n) is 19.4. The number of rotatable bonds is 4. The molecule has 0 aliphatic carbocycles. The van der Waals surface area contributed by atoms with Gasteiger partial charge in [0.15, 0.2) is 0 Å². The van der Waals surface area contributed by atoms with E-state index in [4.69, 9.17) is 25.3 Å². The van der Waals surface area contributed by atoms with Gasteiger partial charge in [0.25, 0.3) is 0 Å². The molecular formula is C27H30Cl2CoN2. The molecule has 2 heterocycles. The minimum absolute atomic E-state index is 0.382. The molecule has 2 nitrogen and oxygen atoms in total. The Labute approximate surface area is 206 Å². The first kappa shape index (κ1) is 25.0. The van der Waals surface area contributed by atoms with Gasteiger partial charge >= 0.3 is 33.2 Å². The van der Waals surface area contributed by atoms with Crippen molar-refractivity contribution in [3.63, 3.8) is 0 Å². The summed E-state index contributed by atoms with van der Waals surface area (Å²) in [6.45, 7) is 13.7. The Morgan fingerprint density at radius 1 is 0.719 bits per heavy atom. The van der Waals surface area contributed by atoms with Gasteiger partial charge in [0.2, 0.25) is 0 Å². The van der Waals surface area contributed by atoms with Gasteiger partial charge in [-0.1, -0.05) is 77.9 Å². The molecule has 2 aromatic carbocycles. The maximum absolute atomic E-state index is 5.17. The van der Waals surface area contributed by atoms with Gasteiger partial charge in [0.05, 0.1) is 16.7 Å². The normalized spacial score (nSPS) is 11.6. The van der Waals surface area contributed by atoms with Crippen LogP contribution in [0.4, 0.5) is 0 Å². The van der Waals surface area contributed by atoms with E-state index in [-0.39, 0.29) is 0 Å². The Morgan fingerprint density at radius 3 is 1.78 bits per heavy atom. The van der Waals surface area contributed by atoms with Gasteiger partial charge in [-0.3, -0.25) is 4.98 Å². The van der Waals surface area contributed by atoms with Crippen LogP contribution < -0.4 is 0 Å². The Balaban J connectivity index is 0.000000913. The summed E-state index contributed by atoms with van der Waals surface area (Å²) in [5.41, 5.74) is 8.50. The summed E-state index contributed by atoms with van der Waals surface area (Å²) in [5.74, 6) is 1.38. The number of nitrogens with zero attached hydrogens (tertiary/aromatic N) is 2. The predicted octanol–water partition coefficient (Wildman–Crippen LogP) is 9.20. The average Bonchev–Trinajstić information content (AvgIpc) is 2.78. The monoisotopic (exact) mass is 511 g/mol. The van der Waals surface area contributed by atoms with Crippen LogP contribution in [0.1, 0.15) is 76.0 Å². The van der Waals surface area contributed by atoms with Crippen molar-refractivity contribution in [3.05, 3.63) is 71.4 Å². The molecule has 5 heteroatoms. The van der Waals surface area contributed by atoms with E-state index in [1.54, 1.807) is 0 Å². The van der Waals surface area contributed by atoms with Crippen molar-refractivity contribution in [2.45, 2.75) is 59.3 Å². The number of pyridine rings is 2. The van der Waals surface area contributed by atoms with E-state index in [0.717, 1.165) is 27.5 Å². The topological polar surface area (TPSA) is 25.8 Å². The molecule has 0 aliphatic heterocycles. The van der Waals surface area contributed by atoms with Crippen LogP contribution in [0, 0.1) is 0 Å². The average molecular weight is 512 g/mol. The molecule has 32 heavy (non-hydrogen) atoms. The summed E-state index contributed by atoms with van der Waals surface area (Å²) >= 11 is 0.382. The fraction of sp³-hybridized carbons (Fsp3) is 0.333. The Morgan fingerprint density at radius 2 is 1.25 bits per heavy atom. The standard InChI is InChI=1S/C27H30N2.2ClH.Co/c1-16(2)21-14-22(17(3)4)25(23(15-21)18(5)6)24-12-11-20-10-9-19-8-7-13-28-26(19)27(20)29-24;;;/h7-18H,1-6H3;2*1H;/q;;;+2/p-2. The van der Waals surface area contributed by atoms with E-state index in [1.807, 2.05) is 12.3 Å². The van der Waals surface area contributed by atoms with Gasteiger partial charge in [-0.05, 0) is 46.6 Å². The van der Waals surface area contributed by atoms with E-state index in [0.29, 0.717) is 30.6 Å². The SMILES string of the molecule is CC(C)c1cc(C(C)C)c(-c2ccc3ccc4cccnc4c3n2)c(C(C)C)c1.[Cl][Co][Cl].